The van der Waals surface area contributed by atoms with Crippen molar-refractivity contribution in [2.24, 2.45) is 5.92 Å². The van der Waals surface area contributed by atoms with E-state index in [4.69, 9.17) is 4.74 Å². The van der Waals surface area contributed by atoms with Gasteiger partial charge in [-0.05, 0) is 50.3 Å². The van der Waals surface area contributed by atoms with Crippen LogP contribution in [-0.4, -0.2) is 41.2 Å². The van der Waals surface area contributed by atoms with Gasteiger partial charge in [-0.15, -0.1) is 0 Å². The molecule has 1 aromatic carbocycles. The Labute approximate surface area is 167 Å². The van der Waals surface area contributed by atoms with Gasteiger partial charge in [0.1, 0.15) is 17.3 Å². The summed E-state index contributed by atoms with van der Waals surface area (Å²) in [5, 5.41) is 4.06. The van der Waals surface area contributed by atoms with Crippen molar-refractivity contribution in [1.29, 1.82) is 0 Å². The average Bonchev–Trinajstić information content (AvgIpc) is 3.41. The lowest BCUT2D eigenvalue weighted by molar-refractivity contribution is -0.137. The van der Waals surface area contributed by atoms with Crippen molar-refractivity contribution < 1.29 is 26.3 Å². The van der Waals surface area contributed by atoms with Crippen LogP contribution in [-0.2, 0) is 22.7 Å². The Morgan fingerprint density at radius 2 is 2.07 bits per heavy atom. The maximum absolute atomic E-state index is 13.2. The first kappa shape index (κ1) is 20.2. The third-order valence-electron chi connectivity index (χ3n) is 5.77. The standard InChI is InChI=1S/C19H22F3N3O3S/c1-2-24-11-17(10-23-24)29(26,27)25-15-7-6-13(8-15)18(25)12-28-16-5-3-4-14(9-16)19(20,21)22/h3-5,9-11,13,15,18H,2,6-8,12H2,1H3/t13-,15-,18+/m0/s1. The van der Waals surface area contributed by atoms with Crippen molar-refractivity contribution in [3.8, 4) is 5.75 Å². The van der Waals surface area contributed by atoms with E-state index in [1.54, 1.807) is 4.68 Å². The Bertz CT molecular complexity index is 990. The van der Waals surface area contributed by atoms with Crippen LogP contribution in [0.1, 0.15) is 31.7 Å². The summed E-state index contributed by atoms with van der Waals surface area (Å²) in [5.74, 6) is 0.223. The maximum atomic E-state index is 13.2. The summed E-state index contributed by atoms with van der Waals surface area (Å²) in [6, 6.07) is 4.15. The van der Waals surface area contributed by atoms with Crippen molar-refractivity contribution in [3.05, 3.63) is 42.2 Å². The molecule has 1 aliphatic heterocycles. The highest BCUT2D eigenvalue weighted by Gasteiger charge is 2.52. The van der Waals surface area contributed by atoms with E-state index in [9.17, 15) is 21.6 Å². The molecule has 158 valence electrons. The van der Waals surface area contributed by atoms with Crippen LogP contribution in [0.2, 0.25) is 0 Å². The molecule has 2 heterocycles. The number of aromatic nitrogens is 2. The highest BCUT2D eigenvalue weighted by atomic mass is 32.2. The van der Waals surface area contributed by atoms with Gasteiger partial charge in [-0.3, -0.25) is 4.68 Å². The number of sulfonamides is 1. The summed E-state index contributed by atoms with van der Waals surface area (Å²) in [6.45, 7) is 2.44. The smallest absolute Gasteiger partial charge is 0.416 e. The Hall–Kier alpha value is -2.07. The summed E-state index contributed by atoms with van der Waals surface area (Å²) in [7, 11) is -3.75. The van der Waals surface area contributed by atoms with Crippen LogP contribution in [0.25, 0.3) is 0 Å². The normalized spacial score (nSPS) is 24.9. The molecule has 2 aromatic rings. The lowest BCUT2D eigenvalue weighted by atomic mass is 10.0. The van der Waals surface area contributed by atoms with Gasteiger partial charge in [-0.25, -0.2) is 8.42 Å². The van der Waals surface area contributed by atoms with Gasteiger partial charge in [0.15, 0.2) is 0 Å². The lowest BCUT2D eigenvalue weighted by Crippen LogP contribution is -2.47. The largest absolute Gasteiger partial charge is 0.492 e. The number of piperidine rings is 1. The fraction of sp³-hybridized carbons (Fsp3) is 0.526. The first-order valence-electron chi connectivity index (χ1n) is 9.56. The molecule has 0 unspecified atom stereocenters. The van der Waals surface area contributed by atoms with Crippen molar-refractivity contribution >= 4 is 10.0 Å². The number of hydrogen-bond acceptors (Lipinski definition) is 4. The fourth-order valence-corrected chi connectivity index (χ4v) is 6.20. The predicted octanol–water partition coefficient (Wildman–Crippen LogP) is 3.54. The lowest BCUT2D eigenvalue weighted by Gasteiger charge is -2.33. The van der Waals surface area contributed by atoms with Crippen LogP contribution in [0.3, 0.4) is 0 Å². The van der Waals surface area contributed by atoms with E-state index in [0.29, 0.717) is 6.54 Å². The molecular weight excluding hydrogens is 407 g/mol. The SMILES string of the molecule is CCn1cc(S(=O)(=O)N2[C@H]3CC[C@@H](C3)[C@H]2COc2cccc(C(F)(F)F)c2)cn1. The maximum Gasteiger partial charge on any atom is 0.416 e. The second-order valence-corrected chi connectivity index (χ2v) is 9.34. The molecule has 1 saturated carbocycles. The number of aryl methyl sites for hydroxylation is 1. The molecule has 4 rings (SSSR count). The Morgan fingerprint density at radius 1 is 1.28 bits per heavy atom. The number of halogens is 3. The number of benzene rings is 1. The van der Waals surface area contributed by atoms with Crippen molar-refractivity contribution in [3.63, 3.8) is 0 Å². The molecule has 1 aliphatic carbocycles. The molecule has 10 heteroatoms. The van der Waals surface area contributed by atoms with Crippen LogP contribution < -0.4 is 4.74 Å². The zero-order chi connectivity index (χ0) is 20.8. The van der Waals surface area contributed by atoms with E-state index in [1.807, 2.05) is 6.92 Å². The molecule has 3 atom stereocenters. The zero-order valence-corrected chi connectivity index (χ0v) is 16.7. The van der Waals surface area contributed by atoms with E-state index >= 15 is 0 Å². The van der Waals surface area contributed by atoms with Gasteiger partial charge >= 0.3 is 6.18 Å². The highest BCUT2D eigenvalue weighted by molar-refractivity contribution is 7.89. The molecule has 1 aromatic heterocycles. The predicted molar refractivity (Wildman–Crippen MR) is 98.8 cm³/mol. The van der Waals surface area contributed by atoms with Crippen molar-refractivity contribution in [2.75, 3.05) is 6.61 Å². The summed E-state index contributed by atoms with van der Waals surface area (Å²) >= 11 is 0. The van der Waals surface area contributed by atoms with E-state index in [2.05, 4.69) is 5.10 Å². The summed E-state index contributed by atoms with van der Waals surface area (Å²) in [4.78, 5) is 0.135. The van der Waals surface area contributed by atoms with E-state index in [0.717, 1.165) is 31.4 Å². The molecule has 29 heavy (non-hydrogen) atoms. The number of alkyl halides is 3. The zero-order valence-electron chi connectivity index (χ0n) is 15.8. The molecule has 1 saturated heterocycles. The molecule has 0 N–H and O–H groups in total. The molecular formula is C19H22F3N3O3S. The number of nitrogens with zero attached hydrogens (tertiary/aromatic N) is 3. The van der Waals surface area contributed by atoms with Crippen molar-refractivity contribution in [2.45, 2.75) is 55.9 Å². The summed E-state index contributed by atoms with van der Waals surface area (Å²) in [5.41, 5.74) is -0.792. The van der Waals surface area contributed by atoms with Gasteiger partial charge in [-0.2, -0.15) is 22.6 Å². The summed E-state index contributed by atoms with van der Waals surface area (Å²) < 4.78 is 73.9. The van der Waals surface area contributed by atoms with Crippen LogP contribution in [0.4, 0.5) is 13.2 Å². The minimum Gasteiger partial charge on any atom is -0.492 e. The van der Waals surface area contributed by atoms with Gasteiger partial charge in [0, 0.05) is 18.8 Å². The van der Waals surface area contributed by atoms with Gasteiger partial charge in [0.2, 0.25) is 10.0 Å². The molecule has 2 aliphatic rings. The molecule has 0 amide bonds. The summed E-state index contributed by atoms with van der Waals surface area (Å²) in [6.07, 6.45) is 0.813. The number of hydrogen-bond donors (Lipinski definition) is 0. The molecule has 0 radical (unpaired) electrons. The number of fused-ring (bicyclic) bond motifs is 2. The van der Waals surface area contributed by atoms with E-state index in [1.165, 1.54) is 28.8 Å². The van der Waals surface area contributed by atoms with E-state index < -0.39 is 27.8 Å². The first-order chi connectivity index (χ1) is 13.7. The van der Waals surface area contributed by atoms with Crippen LogP contribution in [0, 0.1) is 5.92 Å². The number of ether oxygens (including phenoxy) is 1. The number of rotatable bonds is 6. The minimum absolute atomic E-state index is 0.0175. The molecule has 2 fully saturated rings. The Balaban J connectivity index is 1.55. The van der Waals surface area contributed by atoms with Gasteiger partial charge < -0.3 is 4.74 Å². The second kappa shape index (κ2) is 7.32. The third kappa shape index (κ3) is 3.75. The van der Waals surface area contributed by atoms with Gasteiger partial charge in [0.25, 0.3) is 0 Å². The molecule has 0 spiro atoms. The monoisotopic (exact) mass is 429 g/mol. The fourth-order valence-electron chi connectivity index (χ4n) is 4.35. The Morgan fingerprint density at radius 3 is 2.76 bits per heavy atom. The van der Waals surface area contributed by atoms with Crippen LogP contribution >= 0.6 is 0 Å². The molecule has 2 bridgehead atoms. The van der Waals surface area contributed by atoms with Gasteiger partial charge in [-0.1, -0.05) is 6.07 Å². The van der Waals surface area contributed by atoms with Crippen LogP contribution in [0.15, 0.2) is 41.6 Å². The highest BCUT2D eigenvalue weighted by Crippen LogP contribution is 2.45. The van der Waals surface area contributed by atoms with E-state index in [-0.39, 0.29) is 29.2 Å². The Kier molecular flexibility index (Phi) is 5.10. The van der Waals surface area contributed by atoms with Gasteiger partial charge in [0.05, 0.1) is 17.8 Å². The average molecular weight is 429 g/mol. The first-order valence-corrected chi connectivity index (χ1v) is 11.0. The topological polar surface area (TPSA) is 64.4 Å². The third-order valence-corrected chi connectivity index (χ3v) is 7.70. The molecule has 6 nitrogen and oxygen atoms in total. The minimum atomic E-state index is -4.46. The second-order valence-electron chi connectivity index (χ2n) is 7.50. The van der Waals surface area contributed by atoms with Crippen molar-refractivity contribution in [1.82, 2.24) is 14.1 Å². The quantitative estimate of drug-likeness (QED) is 0.705. The van der Waals surface area contributed by atoms with Crippen LogP contribution in [0.5, 0.6) is 5.75 Å².